The van der Waals surface area contributed by atoms with E-state index in [1.807, 2.05) is 29.2 Å². The van der Waals surface area contributed by atoms with Crippen LogP contribution in [0.15, 0.2) is 48.5 Å². The van der Waals surface area contributed by atoms with Crippen LogP contribution in [0.3, 0.4) is 0 Å². The second-order valence-electron chi connectivity index (χ2n) is 5.48. The first kappa shape index (κ1) is 15.8. The number of hydrogen-bond acceptors (Lipinski definition) is 3. The van der Waals surface area contributed by atoms with Gasteiger partial charge in [0.15, 0.2) is 0 Å². The van der Waals surface area contributed by atoms with E-state index in [0.717, 1.165) is 32.6 Å². The molecule has 2 aromatic carbocycles. The summed E-state index contributed by atoms with van der Waals surface area (Å²) in [5.74, 6) is 1.43. The predicted octanol–water partition coefficient (Wildman–Crippen LogP) is 3.57. The van der Waals surface area contributed by atoms with Gasteiger partial charge in [-0.1, -0.05) is 17.7 Å². The largest absolute Gasteiger partial charge is 0.457 e. The number of carbonyl (C=O) groups is 1. The van der Waals surface area contributed by atoms with Crippen molar-refractivity contribution in [1.29, 1.82) is 0 Å². The fraction of sp³-hybridized carbons (Fsp3) is 0.278. The van der Waals surface area contributed by atoms with E-state index in [0.29, 0.717) is 22.1 Å². The lowest BCUT2D eigenvalue weighted by atomic mass is 10.2. The van der Waals surface area contributed by atoms with Gasteiger partial charge in [0.05, 0.1) is 0 Å². The summed E-state index contributed by atoms with van der Waals surface area (Å²) in [5, 5.41) is 3.93. The summed E-state index contributed by atoms with van der Waals surface area (Å²) in [5.41, 5.74) is 0.686. The quantitative estimate of drug-likeness (QED) is 0.935. The maximum Gasteiger partial charge on any atom is 0.253 e. The molecule has 4 nitrogen and oxygen atoms in total. The summed E-state index contributed by atoms with van der Waals surface area (Å²) in [4.78, 5) is 14.4. The first-order valence-electron chi connectivity index (χ1n) is 7.76. The van der Waals surface area contributed by atoms with Gasteiger partial charge < -0.3 is 15.0 Å². The lowest BCUT2D eigenvalue weighted by Gasteiger charge is -2.20. The van der Waals surface area contributed by atoms with Crippen LogP contribution in [0.5, 0.6) is 11.5 Å². The maximum absolute atomic E-state index is 12.5. The van der Waals surface area contributed by atoms with Gasteiger partial charge in [0.1, 0.15) is 11.5 Å². The molecule has 0 aromatic heterocycles. The number of nitrogens with zero attached hydrogens (tertiary/aromatic N) is 1. The number of rotatable bonds is 3. The highest BCUT2D eigenvalue weighted by atomic mass is 35.5. The molecule has 0 aliphatic carbocycles. The molecule has 0 bridgehead atoms. The zero-order chi connectivity index (χ0) is 16.1. The van der Waals surface area contributed by atoms with Crippen molar-refractivity contribution in [3.8, 4) is 11.5 Å². The number of benzene rings is 2. The van der Waals surface area contributed by atoms with Gasteiger partial charge in [-0.3, -0.25) is 4.79 Å². The van der Waals surface area contributed by atoms with Gasteiger partial charge in [0.2, 0.25) is 0 Å². The minimum absolute atomic E-state index is 0.0722. The first-order chi connectivity index (χ1) is 11.2. The Hall–Kier alpha value is -2.04. The summed E-state index contributed by atoms with van der Waals surface area (Å²) in [6.45, 7) is 3.37. The van der Waals surface area contributed by atoms with E-state index >= 15 is 0 Å². The number of carbonyl (C=O) groups excluding carboxylic acids is 1. The molecule has 0 unspecified atom stereocenters. The third-order valence-corrected chi connectivity index (χ3v) is 4.00. The van der Waals surface area contributed by atoms with Crippen LogP contribution in [0, 0.1) is 0 Å². The number of amides is 1. The van der Waals surface area contributed by atoms with Gasteiger partial charge in [0, 0.05) is 30.2 Å². The Morgan fingerprint density at radius 1 is 1.04 bits per heavy atom. The molecule has 1 aliphatic heterocycles. The summed E-state index contributed by atoms with van der Waals surface area (Å²) < 4.78 is 5.74. The molecule has 0 atom stereocenters. The molecule has 2 aromatic rings. The second-order valence-corrected chi connectivity index (χ2v) is 5.92. The number of halogens is 1. The van der Waals surface area contributed by atoms with Crippen LogP contribution in [0.4, 0.5) is 0 Å². The topological polar surface area (TPSA) is 41.6 Å². The molecule has 1 aliphatic rings. The van der Waals surface area contributed by atoms with Gasteiger partial charge >= 0.3 is 0 Å². The van der Waals surface area contributed by atoms with Gasteiger partial charge in [-0.05, 0) is 55.4 Å². The molecular weight excluding hydrogens is 312 g/mol. The zero-order valence-electron chi connectivity index (χ0n) is 12.8. The molecule has 0 spiro atoms. The zero-order valence-corrected chi connectivity index (χ0v) is 13.6. The molecule has 23 heavy (non-hydrogen) atoms. The Kier molecular flexibility index (Phi) is 5.16. The number of ether oxygens (including phenoxy) is 1. The van der Waals surface area contributed by atoms with Gasteiger partial charge in [-0.2, -0.15) is 0 Å². The van der Waals surface area contributed by atoms with Gasteiger partial charge in [0.25, 0.3) is 5.91 Å². The van der Waals surface area contributed by atoms with Crippen molar-refractivity contribution in [1.82, 2.24) is 10.2 Å². The van der Waals surface area contributed by atoms with Crippen molar-refractivity contribution >= 4 is 17.5 Å². The Bertz CT molecular complexity index is 665. The normalized spacial score (nSPS) is 15.1. The van der Waals surface area contributed by atoms with Gasteiger partial charge in [-0.15, -0.1) is 0 Å². The number of nitrogens with one attached hydrogen (secondary N) is 1. The second kappa shape index (κ2) is 7.49. The summed E-state index contributed by atoms with van der Waals surface area (Å²) in [6, 6.07) is 14.5. The van der Waals surface area contributed by atoms with Crippen LogP contribution in [-0.2, 0) is 0 Å². The minimum atomic E-state index is 0.0722. The van der Waals surface area contributed by atoms with Crippen molar-refractivity contribution in [2.24, 2.45) is 0 Å². The van der Waals surface area contributed by atoms with Crippen LogP contribution in [-0.4, -0.2) is 37.0 Å². The molecule has 1 amide bonds. The van der Waals surface area contributed by atoms with Crippen LogP contribution < -0.4 is 10.1 Å². The third-order valence-electron chi connectivity index (χ3n) is 3.76. The van der Waals surface area contributed by atoms with Crippen molar-refractivity contribution in [3.05, 3.63) is 59.1 Å². The van der Waals surface area contributed by atoms with Crippen LogP contribution in [0.2, 0.25) is 5.02 Å². The summed E-state index contributed by atoms with van der Waals surface area (Å²) in [6.07, 6.45) is 0.988. The molecule has 0 radical (unpaired) electrons. The van der Waals surface area contributed by atoms with Crippen LogP contribution in [0.25, 0.3) is 0 Å². The lowest BCUT2D eigenvalue weighted by molar-refractivity contribution is 0.0766. The molecule has 120 valence electrons. The molecule has 3 rings (SSSR count). The average molecular weight is 331 g/mol. The van der Waals surface area contributed by atoms with E-state index in [2.05, 4.69) is 5.32 Å². The molecule has 1 N–H and O–H groups in total. The number of hydrogen-bond donors (Lipinski definition) is 1. The van der Waals surface area contributed by atoms with Crippen LogP contribution in [0.1, 0.15) is 16.8 Å². The highest BCUT2D eigenvalue weighted by Gasteiger charge is 2.16. The molecule has 5 heteroatoms. The van der Waals surface area contributed by atoms with E-state index in [4.69, 9.17) is 16.3 Å². The SMILES string of the molecule is O=C(c1ccc(Oc2cccc(Cl)c2)cc1)N1CCCNCC1. The highest BCUT2D eigenvalue weighted by molar-refractivity contribution is 6.30. The van der Waals surface area contributed by atoms with Gasteiger partial charge in [-0.25, -0.2) is 0 Å². The van der Waals surface area contributed by atoms with Crippen molar-refractivity contribution in [2.75, 3.05) is 26.2 Å². The smallest absolute Gasteiger partial charge is 0.253 e. The standard InChI is InChI=1S/C18H19ClN2O2/c19-15-3-1-4-17(13-15)23-16-7-5-14(6-8-16)18(22)21-11-2-9-20-10-12-21/h1,3-8,13,20H,2,9-12H2. The van der Waals surface area contributed by atoms with Crippen molar-refractivity contribution in [2.45, 2.75) is 6.42 Å². The summed E-state index contributed by atoms with van der Waals surface area (Å²) >= 11 is 5.94. The highest BCUT2D eigenvalue weighted by Crippen LogP contribution is 2.24. The van der Waals surface area contributed by atoms with E-state index in [1.54, 1.807) is 24.3 Å². The average Bonchev–Trinajstić information content (AvgIpc) is 2.84. The molecule has 1 fully saturated rings. The Morgan fingerprint density at radius 3 is 2.65 bits per heavy atom. The molecule has 1 heterocycles. The summed E-state index contributed by atoms with van der Waals surface area (Å²) in [7, 11) is 0. The molecule has 1 saturated heterocycles. The maximum atomic E-state index is 12.5. The van der Waals surface area contributed by atoms with E-state index in [-0.39, 0.29) is 5.91 Å². The van der Waals surface area contributed by atoms with E-state index < -0.39 is 0 Å². The fourth-order valence-corrected chi connectivity index (χ4v) is 2.74. The Balaban J connectivity index is 1.67. The van der Waals surface area contributed by atoms with Crippen LogP contribution >= 0.6 is 11.6 Å². The van der Waals surface area contributed by atoms with Crippen molar-refractivity contribution in [3.63, 3.8) is 0 Å². The van der Waals surface area contributed by atoms with E-state index in [1.165, 1.54) is 0 Å². The Morgan fingerprint density at radius 2 is 1.87 bits per heavy atom. The lowest BCUT2D eigenvalue weighted by Crippen LogP contribution is -2.34. The minimum Gasteiger partial charge on any atom is -0.457 e. The Labute approximate surface area is 141 Å². The molecular formula is C18H19ClN2O2. The monoisotopic (exact) mass is 330 g/mol. The third kappa shape index (κ3) is 4.24. The van der Waals surface area contributed by atoms with Crippen molar-refractivity contribution < 1.29 is 9.53 Å². The molecule has 0 saturated carbocycles. The fourth-order valence-electron chi connectivity index (χ4n) is 2.56. The van der Waals surface area contributed by atoms with E-state index in [9.17, 15) is 4.79 Å². The first-order valence-corrected chi connectivity index (χ1v) is 8.14. The predicted molar refractivity (Wildman–Crippen MR) is 91.4 cm³/mol.